The van der Waals surface area contributed by atoms with Crippen molar-refractivity contribution in [3.63, 3.8) is 0 Å². The predicted molar refractivity (Wildman–Crippen MR) is 90.4 cm³/mol. The Bertz CT molecular complexity index is 878. The summed E-state index contributed by atoms with van der Waals surface area (Å²) in [5.74, 6) is 2.58. The van der Waals surface area contributed by atoms with Crippen molar-refractivity contribution in [3.8, 4) is 5.75 Å². The molecule has 0 bridgehead atoms. The Balaban J connectivity index is 1.90. The fraction of sp³-hybridized carbons (Fsp3) is 0.278. The van der Waals surface area contributed by atoms with Crippen LogP contribution in [0.3, 0.4) is 0 Å². The molecule has 0 N–H and O–H groups in total. The van der Waals surface area contributed by atoms with E-state index in [-0.39, 0.29) is 0 Å². The number of anilines is 2. The molecule has 4 rings (SSSR count). The molecule has 0 saturated heterocycles. The highest BCUT2D eigenvalue weighted by atomic mass is 16.5. The predicted octanol–water partition coefficient (Wildman–Crippen LogP) is 3.43. The molecule has 2 aromatic heterocycles. The summed E-state index contributed by atoms with van der Waals surface area (Å²) >= 11 is 0. The number of rotatable bonds is 2. The normalized spacial score (nSPS) is 13.9. The molecule has 0 spiro atoms. The van der Waals surface area contributed by atoms with Crippen LogP contribution in [0.4, 0.5) is 11.5 Å². The summed E-state index contributed by atoms with van der Waals surface area (Å²) in [6.45, 7) is 2.86. The quantitative estimate of drug-likeness (QED) is 0.726. The van der Waals surface area contributed by atoms with Crippen molar-refractivity contribution in [2.75, 3.05) is 18.6 Å². The SMILES string of the molecule is COc1ccc2c(c1)CCCN2c1nc(C)nc2ncccc12. The molecular formula is C18H18N4O. The van der Waals surface area contributed by atoms with Gasteiger partial charge >= 0.3 is 0 Å². The van der Waals surface area contributed by atoms with Gasteiger partial charge in [0.05, 0.1) is 12.5 Å². The molecule has 0 saturated carbocycles. The molecule has 1 aromatic carbocycles. The highest BCUT2D eigenvalue weighted by Crippen LogP contribution is 2.37. The fourth-order valence-corrected chi connectivity index (χ4v) is 3.18. The van der Waals surface area contributed by atoms with E-state index in [0.717, 1.165) is 47.8 Å². The summed E-state index contributed by atoms with van der Waals surface area (Å²) in [5, 5.41) is 0.988. The highest BCUT2D eigenvalue weighted by molar-refractivity contribution is 5.90. The molecule has 3 aromatic rings. The molecule has 0 aliphatic carbocycles. The van der Waals surface area contributed by atoms with Crippen LogP contribution >= 0.6 is 0 Å². The zero-order chi connectivity index (χ0) is 15.8. The summed E-state index contributed by atoms with van der Waals surface area (Å²) in [6, 6.07) is 10.2. The smallest absolute Gasteiger partial charge is 0.164 e. The van der Waals surface area contributed by atoms with E-state index in [1.165, 1.54) is 11.3 Å². The third-order valence-electron chi connectivity index (χ3n) is 4.22. The lowest BCUT2D eigenvalue weighted by atomic mass is 10.0. The molecule has 5 heteroatoms. The summed E-state index contributed by atoms with van der Waals surface area (Å²) in [6.07, 6.45) is 3.92. The maximum Gasteiger partial charge on any atom is 0.164 e. The minimum Gasteiger partial charge on any atom is -0.497 e. The maximum absolute atomic E-state index is 5.36. The van der Waals surface area contributed by atoms with Gasteiger partial charge in [-0.1, -0.05) is 0 Å². The largest absolute Gasteiger partial charge is 0.497 e. The molecular weight excluding hydrogens is 288 g/mol. The topological polar surface area (TPSA) is 51.1 Å². The molecule has 0 amide bonds. The van der Waals surface area contributed by atoms with Crippen molar-refractivity contribution in [2.45, 2.75) is 19.8 Å². The molecule has 5 nitrogen and oxygen atoms in total. The Kier molecular flexibility index (Phi) is 3.33. The molecule has 0 radical (unpaired) electrons. The van der Waals surface area contributed by atoms with Crippen molar-refractivity contribution < 1.29 is 4.74 Å². The summed E-state index contributed by atoms with van der Waals surface area (Å²) < 4.78 is 5.36. The van der Waals surface area contributed by atoms with Gasteiger partial charge < -0.3 is 9.64 Å². The first-order valence-electron chi connectivity index (χ1n) is 7.80. The average Bonchev–Trinajstić information content (AvgIpc) is 2.60. The third kappa shape index (κ3) is 2.38. The molecule has 1 aliphatic heterocycles. The molecule has 0 atom stereocenters. The van der Waals surface area contributed by atoms with Crippen LogP contribution in [-0.4, -0.2) is 28.6 Å². The lowest BCUT2D eigenvalue weighted by Crippen LogP contribution is -2.26. The maximum atomic E-state index is 5.36. The van der Waals surface area contributed by atoms with Gasteiger partial charge in [-0.3, -0.25) is 0 Å². The molecule has 23 heavy (non-hydrogen) atoms. The lowest BCUT2D eigenvalue weighted by Gasteiger charge is -2.31. The van der Waals surface area contributed by atoms with Crippen molar-refractivity contribution in [1.29, 1.82) is 0 Å². The van der Waals surface area contributed by atoms with Crippen LogP contribution in [-0.2, 0) is 6.42 Å². The molecule has 0 unspecified atom stereocenters. The number of fused-ring (bicyclic) bond motifs is 2. The van der Waals surface area contributed by atoms with Crippen LogP contribution in [0, 0.1) is 6.92 Å². The van der Waals surface area contributed by atoms with Gasteiger partial charge in [0.25, 0.3) is 0 Å². The number of nitrogens with zero attached hydrogens (tertiary/aromatic N) is 4. The monoisotopic (exact) mass is 306 g/mol. The van der Waals surface area contributed by atoms with Gasteiger partial charge in [-0.2, -0.15) is 0 Å². The first-order chi connectivity index (χ1) is 11.3. The minimum absolute atomic E-state index is 0.742. The Morgan fingerprint density at radius 2 is 2.09 bits per heavy atom. The lowest BCUT2D eigenvalue weighted by molar-refractivity contribution is 0.414. The first-order valence-corrected chi connectivity index (χ1v) is 7.80. The van der Waals surface area contributed by atoms with E-state index < -0.39 is 0 Å². The second kappa shape index (κ2) is 5.50. The van der Waals surface area contributed by atoms with Crippen molar-refractivity contribution >= 4 is 22.5 Å². The van der Waals surface area contributed by atoms with Gasteiger partial charge in [-0.05, 0) is 55.7 Å². The van der Waals surface area contributed by atoms with Crippen LogP contribution in [0.15, 0.2) is 36.5 Å². The van der Waals surface area contributed by atoms with Gasteiger partial charge in [0, 0.05) is 18.4 Å². The summed E-state index contributed by atoms with van der Waals surface area (Å²) in [5.41, 5.74) is 3.24. The number of pyridine rings is 1. The van der Waals surface area contributed by atoms with Crippen molar-refractivity contribution in [1.82, 2.24) is 15.0 Å². The number of hydrogen-bond acceptors (Lipinski definition) is 5. The Labute approximate surface area is 135 Å². The number of methoxy groups -OCH3 is 1. The van der Waals surface area contributed by atoms with E-state index in [0.29, 0.717) is 0 Å². The second-order valence-electron chi connectivity index (χ2n) is 5.72. The Morgan fingerprint density at radius 1 is 1.17 bits per heavy atom. The van der Waals surface area contributed by atoms with E-state index in [2.05, 4.69) is 27.0 Å². The fourth-order valence-electron chi connectivity index (χ4n) is 3.18. The van der Waals surface area contributed by atoms with E-state index in [4.69, 9.17) is 9.72 Å². The summed E-state index contributed by atoms with van der Waals surface area (Å²) in [7, 11) is 1.70. The minimum atomic E-state index is 0.742. The first kappa shape index (κ1) is 13.9. The Morgan fingerprint density at radius 3 is 2.96 bits per heavy atom. The van der Waals surface area contributed by atoms with Gasteiger partial charge in [0.2, 0.25) is 0 Å². The van der Waals surface area contributed by atoms with Crippen LogP contribution in [0.25, 0.3) is 11.0 Å². The van der Waals surface area contributed by atoms with Gasteiger partial charge in [0.1, 0.15) is 17.4 Å². The van der Waals surface area contributed by atoms with Crippen LogP contribution in [0.5, 0.6) is 5.75 Å². The standard InChI is InChI=1S/C18H18N4O/c1-12-20-17-15(6-3-9-19-17)18(21-12)22-10-4-5-13-11-14(23-2)7-8-16(13)22/h3,6-9,11H,4-5,10H2,1-2H3. The van der Waals surface area contributed by atoms with E-state index >= 15 is 0 Å². The van der Waals surface area contributed by atoms with Crippen molar-refractivity contribution in [2.24, 2.45) is 0 Å². The van der Waals surface area contributed by atoms with E-state index in [1.807, 2.05) is 25.1 Å². The molecule has 0 fully saturated rings. The Hall–Kier alpha value is -2.69. The number of aryl methyl sites for hydroxylation is 2. The number of aromatic nitrogens is 3. The number of hydrogen-bond donors (Lipinski definition) is 0. The zero-order valence-electron chi connectivity index (χ0n) is 13.3. The highest BCUT2D eigenvalue weighted by Gasteiger charge is 2.22. The molecule has 1 aliphatic rings. The van der Waals surface area contributed by atoms with Gasteiger partial charge in [-0.15, -0.1) is 0 Å². The number of benzene rings is 1. The van der Waals surface area contributed by atoms with Crippen molar-refractivity contribution in [3.05, 3.63) is 47.9 Å². The van der Waals surface area contributed by atoms with Crippen LogP contribution in [0.2, 0.25) is 0 Å². The van der Waals surface area contributed by atoms with Gasteiger partial charge in [0.15, 0.2) is 5.65 Å². The van der Waals surface area contributed by atoms with Crippen LogP contribution in [0.1, 0.15) is 17.8 Å². The second-order valence-corrected chi connectivity index (χ2v) is 5.72. The molecule has 3 heterocycles. The molecule has 116 valence electrons. The van der Waals surface area contributed by atoms with Gasteiger partial charge in [-0.25, -0.2) is 15.0 Å². The van der Waals surface area contributed by atoms with E-state index in [1.54, 1.807) is 13.3 Å². The number of ether oxygens (including phenoxy) is 1. The third-order valence-corrected chi connectivity index (χ3v) is 4.22. The van der Waals surface area contributed by atoms with Crippen LogP contribution < -0.4 is 9.64 Å². The average molecular weight is 306 g/mol. The van der Waals surface area contributed by atoms with E-state index in [9.17, 15) is 0 Å². The summed E-state index contributed by atoms with van der Waals surface area (Å²) in [4.78, 5) is 15.8. The zero-order valence-corrected chi connectivity index (χ0v) is 13.3.